The maximum absolute atomic E-state index is 9.88. The molecule has 0 aliphatic carbocycles. The zero-order valence-corrected chi connectivity index (χ0v) is 15.8. The van der Waals surface area contributed by atoms with Gasteiger partial charge in [0.05, 0.1) is 57.7 Å². The standard InChI is InChI=1S/C24H14N6/c25-13-15-17-5-1-9-21(27-17)22-10-2-7-19(28-22)16(14-26)20-8-4-12-24(30-20)23-11-3-6-18(15)29-23/h1-12,15-16H. The van der Waals surface area contributed by atoms with Gasteiger partial charge in [-0.15, -0.1) is 0 Å². The fraction of sp³-hybridized carbons (Fsp3) is 0.0833. The number of hydrogen-bond donors (Lipinski definition) is 0. The molecule has 0 saturated heterocycles. The summed E-state index contributed by atoms with van der Waals surface area (Å²) in [5.41, 5.74) is 4.96. The fourth-order valence-electron chi connectivity index (χ4n) is 3.59. The van der Waals surface area contributed by atoms with Crippen molar-refractivity contribution in [1.82, 2.24) is 19.9 Å². The molecule has 0 spiro atoms. The number of pyridine rings is 4. The lowest BCUT2D eigenvalue weighted by Crippen LogP contribution is -2.08. The Morgan fingerprint density at radius 3 is 0.967 bits per heavy atom. The van der Waals surface area contributed by atoms with Gasteiger partial charge >= 0.3 is 0 Å². The first-order valence-electron chi connectivity index (χ1n) is 9.44. The predicted octanol–water partition coefficient (Wildman–Crippen LogP) is 4.22. The van der Waals surface area contributed by atoms with E-state index in [-0.39, 0.29) is 0 Å². The van der Waals surface area contributed by atoms with Gasteiger partial charge in [0.1, 0.15) is 11.8 Å². The van der Waals surface area contributed by atoms with Crippen LogP contribution in [0.2, 0.25) is 0 Å². The number of hydrogen-bond acceptors (Lipinski definition) is 6. The number of nitrogens with zero attached hydrogens (tertiary/aromatic N) is 6. The Bertz CT molecular complexity index is 1150. The van der Waals surface area contributed by atoms with Crippen molar-refractivity contribution in [2.45, 2.75) is 11.8 Å². The van der Waals surface area contributed by atoms with E-state index in [2.05, 4.69) is 12.1 Å². The average Bonchev–Trinajstić information content (AvgIpc) is 2.81. The smallest absolute Gasteiger partial charge is 0.130 e. The lowest BCUT2D eigenvalue weighted by Gasteiger charge is -2.14. The van der Waals surface area contributed by atoms with Gasteiger partial charge in [0.15, 0.2) is 0 Å². The van der Waals surface area contributed by atoms with E-state index in [1.54, 1.807) is 0 Å². The highest BCUT2D eigenvalue weighted by Gasteiger charge is 2.22. The van der Waals surface area contributed by atoms with Crippen LogP contribution in [-0.2, 0) is 0 Å². The second kappa shape index (κ2) is 7.20. The molecule has 6 heteroatoms. The molecule has 1 aliphatic heterocycles. The van der Waals surface area contributed by atoms with Crippen LogP contribution in [-0.4, -0.2) is 19.9 Å². The van der Waals surface area contributed by atoms with Crippen LogP contribution in [0.15, 0.2) is 72.8 Å². The summed E-state index contributed by atoms with van der Waals surface area (Å²) in [4.78, 5) is 18.8. The van der Waals surface area contributed by atoms with Crippen LogP contribution in [0.1, 0.15) is 34.6 Å². The van der Waals surface area contributed by atoms with Gasteiger partial charge in [0, 0.05) is 0 Å². The summed E-state index contributed by atoms with van der Waals surface area (Å²) in [6.07, 6.45) is 0. The summed E-state index contributed by atoms with van der Waals surface area (Å²) in [7, 11) is 0. The third kappa shape index (κ3) is 2.97. The third-order valence-corrected chi connectivity index (χ3v) is 5.05. The predicted molar refractivity (Wildman–Crippen MR) is 110 cm³/mol. The van der Waals surface area contributed by atoms with Gasteiger partial charge in [0.25, 0.3) is 0 Å². The molecule has 0 atom stereocenters. The lowest BCUT2D eigenvalue weighted by atomic mass is 9.99. The van der Waals surface area contributed by atoms with Crippen LogP contribution < -0.4 is 0 Å². The highest BCUT2D eigenvalue weighted by molar-refractivity contribution is 5.58. The number of aromatic nitrogens is 4. The maximum atomic E-state index is 9.88. The van der Waals surface area contributed by atoms with Crippen molar-refractivity contribution in [3.8, 4) is 34.9 Å². The van der Waals surface area contributed by atoms with Crippen molar-refractivity contribution < 1.29 is 0 Å². The molecule has 0 amide bonds. The highest BCUT2D eigenvalue weighted by Crippen LogP contribution is 2.29. The Labute approximate surface area is 173 Å². The van der Waals surface area contributed by atoms with E-state index in [0.29, 0.717) is 45.6 Å². The highest BCUT2D eigenvalue weighted by atomic mass is 14.8. The van der Waals surface area contributed by atoms with Crippen LogP contribution in [0.3, 0.4) is 0 Å². The molecule has 0 fully saturated rings. The molecule has 0 radical (unpaired) electrons. The SMILES string of the molecule is N#CC1c2cccc(n2)-c2cccc(n2)C(C#N)c2cccc(n2)-c2cccc1n2. The topological polar surface area (TPSA) is 99.1 Å². The van der Waals surface area contributed by atoms with E-state index < -0.39 is 11.8 Å². The molecule has 8 bridgehead atoms. The Kier molecular flexibility index (Phi) is 4.24. The second-order valence-corrected chi connectivity index (χ2v) is 6.91. The summed E-state index contributed by atoms with van der Waals surface area (Å²) < 4.78 is 0. The number of rotatable bonds is 0. The molecule has 0 unspecified atom stereocenters. The van der Waals surface area contributed by atoms with Gasteiger partial charge in [-0.25, -0.2) is 19.9 Å². The van der Waals surface area contributed by atoms with Gasteiger partial charge in [-0.1, -0.05) is 24.3 Å². The summed E-state index contributed by atoms with van der Waals surface area (Å²) in [5.74, 6) is -1.24. The molecule has 6 nitrogen and oxygen atoms in total. The Balaban J connectivity index is 1.83. The van der Waals surface area contributed by atoms with Crippen molar-refractivity contribution in [2.75, 3.05) is 0 Å². The van der Waals surface area contributed by atoms with E-state index in [9.17, 15) is 10.5 Å². The zero-order chi connectivity index (χ0) is 20.5. The molecule has 5 rings (SSSR count). The van der Waals surface area contributed by atoms with Crippen molar-refractivity contribution in [1.29, 1.82) is 10.5 Å². The van der Waals surface area contributed by atoms with Crippen molar-refractivity contribution in [3.05, 3.63) is 95.6 Å². The molecule has 4 aromatic rings. The Morgan fingerprint density at radius 1 is 0.467 bits per heavy atom. The molecule has 0 N–H and O–H groups in total. The second-order valence-electron chi connectivity index (χ2n) is 6.91. The Hall–Kier alpha value is -4.42. The van der Waals surface area contributed by atoms with E-state index >= 15 is 0 Å². The summed E-state index contributed by atoms with van der Waals surface area (Å²) in [6, 6.07) is 26.7. The first-order valence-corrected chi connectivity index (χ1v) is 9.44. The van der Waals surface area contributed by atoms with Crippen LogP contribution in [0.4, 0.5) is 0 Å². The molecular weight excluding hydrogens is 372 g/mol. The summed E-state index contributed by atoms with van der Waals surface area (Å²) >= 11 is 0. The maximum Gasteiger partial charge on any atom is 0.130 e. The largest absolute Gasteiger partial charge is 0.249 e. The van der Waals surface area contributed by atoms with Crippen molar-refractivity contribution in [2.24, 2.45) is 0 Å². The first-order chi connectivity index (χ1) is 14.8. The van der Waals surface area contributed by atoms with Gasteiger partial charge < -0.3 is 0 Å². The number of nitriles is 2. The van der Waals surface area contributed by atoms with Gasteiger partial charge in [-0.05, 0) is 48.5 Å². The molecule has 1 aliphatic rings. The monoisotopic (exact) mass is 386 g/mol. The van der Waals surface area contributed by atoms with E-state index in [1.165, 1.54) is 0 Å². The van der Waals surface area contributed by atoms with Crippen LogP contribution in [0, 0.1) is 22.7 Å². The lowest BCUT2D eigenvalue weighted by molar-refractivity contribution is 0.897. The minimum atomic E-state index is -0.619. The van der Waals surface area contributed by atoms with Gasteiger partial charge in [0.2, 0.25) is 0 Å². The quantitative estimate of drug-likeness (QED) is 0.448. The normalized spacial score (nSPS) is 16.6. The fourth-order valence-corrected chi connectivity index (χ4v) is 3.59. The minimum absolute atomic E-state index is 0.599. The van der Waals surface area contributed by atoms with Gasteiger partial charge in [-0.2, -0.15) is 10.5 Å². The average molecular weight is 386 g/mol. The molecule has 0 saturated carbocycles. The number of fused-ring (bicyclic) bond motifs is 10. The van der Waals surface area contributed by atoms with Crippen molar-refractivity contribution in [3.63, 3.8) is 0 Å². The molecule has 0 aromatic carbocycles. The molecule has 30 heavy (non-hydrogen) atoms. The minimum Gasteiger partial charge on any atom is -0.249 e. The molecule has 5 heterocycles. The Morgan fingerprint density at radius 2 is 0.733 bits per heavy atom. The summed E-state index contributed by atoms with van der Waals surface area (Å²) in [5, 5.41) is 19.8. The van der Waals surface area contributed by atoms with E-state index in [4.69, 9.17) is 19.9 Å². The van der Waals surface area contributed by atoms with Crippen LogP contribution in [0.5, 0.6) is 0 Å². The van der Waals surface area contributed by atoms with E-state index in [1.807, 2.05) is 72.8 Å². The zero-order valence-electron chi connectivity index (χ0n) is 15.8. The van der Waals surface area contributed by atoms with Crippen molar-refractivity contribution >= 4 is 0 Å². The first kappa shape index (κ1) is 17.7. The summed E-state index contributed by atoms with van der Waals surface area (Å²) in [6.45, 7) is 0. The molecular formula is C24H14N6. The van der Waals surface area contributed by atoms with Gasteiger partial charge in [-0.3, -0.25) is 0 Å². The molecule has 4 aromatic heterocycles. The van der Waals surface area contributed by atoms with Crippen LogP contribution >= 0.6 is 0 Å². The van der Waals surface area contributed by atoms with Crippen LogP contribution in [0.25, 0.3) is 22.8 Å². The van der Waals surface area contributed by atoms with E-state index in [0.717, 1.165) is 0 Å². The third-order valence-electron chi connectivity index (χ3n) is 5.05. The molecule has 140 valence electrons.